The molecule has 2 aromatic carbocycles. The van der Waals surface area contributed by atoms with Crippen molar-refractivity contribution in [1.29, 1.82) is 0 Å². The quantitative estimate of drug-likeness (QED) is 0.462. The molecule has 6 rings (SSSR count). The molecule has 0 radical (unpaired) electrons. The summed E-state index contributed by atoms with van der Waals surface area (Å²) >= 11 is 0. The molecule has 0 spiro atoms. The standard InChI is InChI=1S/C30H29F2N3O5.ClH/c31-21-11-10-19(23(32)12-21)13-33-29(37)22-14-34-15-25-35(24-9-5-4-8-20(24)17-39-25)30(38)26(34)28(27(22)36)40-16-18-6-2-1-3-7-18;/h1-3,6-7,10-12,14,20,24-25H,4-5,8-9,13,15-17H2,(H,33,37);1H. The first kappa shape index (κ1) is 28.8. The predicted octanol–water partition coefficient (Wildman–Crippen LogP) is 4.43. The van der Waals surface area contributed by atoms with Crippen LogP contribution in [0.5, 0.6) is 5.75 Å². The molecule has 3 aromatic rings. The number of rotatable bonds is 6. The number of hydrogen-bond acceptors (Lipinski definition) is 5. The Morgan fingerprint density at radius 3 is 2.63 bits per heavy atom. The van der Waals surface area contributed by atoms with E-state index in [9.17, 15) is 23.2 Å². The maximum atomic E-state index is 14.1. The zero-order valence-electron chi connectivity index (χ0n) is 22.2. The number of ether oxygens (including phenoxy) is 2. The lowest BCUT2D eigenvalue weighted by Gasteiger charge is -2.50. The molecule has 2 fully saturated rings. The lowest BCUT2D eigenvalue weighted by Crippen LogP contribution is -2.61. The van der Waals surface area contributed by atoms with E-state index in [0.29, 0.717) is 6.61 Å². The summed E-state index contributed by atoms with van der Waals surface area (Å²) in [4.78, 5) is 42.6. The molecule has 3 heterocycles. The largest absolute Gasteiger partial charge is 0.483 e. The number of nitrogens with one attached hydrogen (secondary N) is 1. The van der Waals surface area contributed by atoms with Gasteiger partial charge in [-0.25, -0.2) is 8.78 Å². The highest BCUT2D eigenvalue weighted by molar-refractivity contribution is 5.99. The lowest BCUT2D eigenvalue weighted by molar-refractivity contribution is -0.149. The van der Waals surface area contributed by atoms with E-state index in [2.05, 4.69) is 5.32 Å². The Kier molecular flexibility index (Phi) is 8.42. The van der Waals surface area contributed by atoms with E-state index in [0.717, 1.165) is 43.4 Å². The summed E-state index contributed by atoms with van der Waals surface area (Å²) in [7, 11) is 0. The Hall–Kier alpha value is -3.76. The van der Waals surface area contributed by atoms with E-state index in [1.807, 2.05) is 30.3 Å². The first-order valence-electron chi connectivity index (χ1n) is 13.5. The van der Waals surface area contributed by atoms with Crippen LogP contribution in [0.4, 0.5) is 8.78 Å². The highest BCUT2D eigenvalue weighted by atomic mass is 35.5. The van der Waals surface area contributed by atoms with Crippen LogP contribution in [0.3, 0.4) is 0 Å². The molecule has 1 aromatic heterocycles. The van der Waals surface area contributed by atoms with Crippen LogP contribution < -0.4 is 15.5 Å². The van der Waals surface area contributed by atoms with E-state index < -0.39 is 29.2 Å². The fourth-order valence-corrected chi connectivity index (χ4v) is 5.95. The van der Waals surface area contributed by atoms with Crippen LogP contribution >= 0.6 is 12.4 Å². The molecule has 1 aliphatic carbocycles. The second-order valence-electron chi connectivity index (χ2n) is 10.5. The van der Waals surface area contributed by atoms with Gasteiger partial charge in [0.25, 0.3) is 11.8 Å². The van der Waals surface area contributed by atoms with Gasteiger partial charge in [0.05, 0.1) is 13.2 Å². The third-order valence-electron chi connectivity index (χ3n) is 7.99. The van der Waals surface area contributed by atoms with E-state index in [-0.39, 0.29) is 72.5 Å². The molecular weight excluding hydrogens is 556 g/mol. The number of hydrogen-bond donors (Lipinski definition) is 1. The molecule has 1 saturated heterocycles. The second-order valence-corrected chi connectivity index (χ2v) is 10.5. The Labute approximate surface area is 241 Å². The Balaban J connectivity index is 0.00000337. The number of fused-ring (bicyclic) bond motifs is 4. The molecule has 2 amide bonds. The van der Waals surface area contributed by atoms with Crippen LogP contribution in [-0.4, -0.2) is 40.2 Å². The van der Waals surface area contributed by atoms with E-state index in [1.54, 1.807) is 9.47 Å². The SMILES string of the molecule is Cl.O=C(NCc1ccc(F)cc1F)c1cn2c(c(OCc3ccccc3)c1=O)C(=O)N1C(C2)OCC2CCCCC21. The van der Waals surface area contributed by atoms with E-state index >= 15 is 0 Å². The zero-order valence-corrected chi connectivity index (χ0v) is 23.0. The number of halogens is 3. The van der Waals surface area contributed by atoms with Crippen LogP contribution in [0.2, 0.25) is 0 Å². The molecule has 1 N–H and O–H groups in total. The number of carbonyl (C=O) groups is 2. The number of carbonyl (C=O) groups excluding carboxylic acids is 2. The molecule has 1 saturated carbocycles. The van der Waals surface area contributed by atoms with E-state index in [1.165, 1.54) is 12.3 Å². The molecule has 3 unspecified atom stereocenters. The average molecular weight is 586 g/mol. The highest BCUT2D eigenvalue weighted by Crippen LogP contribution is 2.38. The van der Waals surface area contributed by atoms with Crippen molar-refractivity contribution in [1.82, 2.24) is 14.8 Å². The van der Waals surface area contributed by atoms with Gasteiger partial charge in [0.15, 0.2) is 17.7 Å². The fourth-order valence-electron chi connectivity index (χ4n) is 5.95. The summed E-state index contributed by atoms with van der Waals surface area (Å²) in [5.74, 6) is -2.61. The molecule has 3 aliphatic rings. The zero-order chi connectivity index (χ0) is 27.8. The first-order chi connectivity index (χ1) is 19.4. The minimum atomic E-state index is -0.810. The maximum Gasteiger partial charge on any atom is 0.276 e. The number of amides is 2. The Morgan fingerprint density at radius 2 is 1.85 bits per heavy atom. The first-order valence-corrected chi connectivity index (χ1v) is 13.5. The van der Waals surface area contributed by atoms with E-state index in [4.69, 9.17) is 9.47 Å². The van der Waals surface area contributed by atoms with Gasteiger partial charge < -0.3 is 24.3 Å². The lowest BCUT2D eigenvalue weighted by atomic mass is 9.82. The van der Waals surface area contributed by atoms with Gasteiger partial charge in [-0.15, -0.1) is 12.4 Å². The van der Waals surface area contributed by atoms with Crippen LogP contribution in [0.1, 0.15) is 57.7 Å². The summed E-state index contributed by atoms with van der Waals surface area (Å²) < 4.78 is 41.0. The molecular formula is C30H30ClF2N3O5. The van der Waals surface area contributed by atoms with Crippen LogP contribution in [-0.2, 0) is 24.4 Å². The van der Waals surface area contributed by atoms with Gasteiger partial charge in [0, 0.05) is 36.3 Å². The van der Waals surface area contributed by atoms with Crippen molar-refractivity contribution in [2.75, 3.05) is 6.61 Å². The number of benzene rings is 2. The van der Waals surface area contributed by atoms with Crippen molar-refractivity contribution in [3.05, 3.63) is 99.0 Å². The smallest absolute Gasteiger partial charge is 0.276 e. The highest BCUT2D eigenvalue weighted by Gasteiger charge is 2.46. The van der Waals surface area contributed by atoms with Crippen molar-refractivity contribution in [3.63, 3.8) is 0 Å². The van der Waals surface area contributed by atoms with Crippen molar-refractivity contribution >= 4 is 24.2 Å². The van der Waals surface area contributed by atoms with Crippen LogP contribution in [0, 0.1) is 17.6 Å². The predicted molar refractivity (Wildman–Crippen MR) is 148 cm³/mol. The third-order valence-corrected chi connectivity index (χ3v) is 7.99. The molecule has 11 heteroatoms. The van der Waals surface area contributed by atoms with Crippen molar-refractivity contribution in [2.45, 2.75) is 57.6 Å². The molecule has 3 atom stereocenters. The summed E-state index contributed by atoms with van der Waals surface area (Å²) in [6.45, 7) is 0.559. The average Bonchev–Trinajstić information content (AvgIpc) is 2.96. The van der Waals surface area contributed by atoms with Gasteiger partial charge >= 0.3 is 0 Å². The second kappa shape index (κ2) is 12.0. The third kappa shape index (κ3) is 5.58. The van der Waals surface area contributed by atoms with Gasteiger partial charge in [-0.1, -0.05) is 49.2 Å². The Morgan fingerprint density at radius 1 is 1.07 bits per heavy atom. The summed E-state index contributed by atoms with van der Waals surface area (Å²) in [6, 6.07) is 12.3. The topological polar surface area (TPSA) is 89.9 Å². The molecule has 8 nitrogen and oxygen atoms in total. The normalized spacial score (nSPS) is 21.2. The van der Waals surface area contributed by atoms with Crippen molar-refractivity contribution in [2.24, 2.45) is 5.92 Å². The van der Waals surface area contributed by atoms with Gasteiger partial charge in [0.2, 0.25) is 5.43 Å². The van der Waals surface area contributed by atoms with Gasteiger partial charge in [-0.2, -0.15) is 0 Å². The van der Waals surface area contributed by atoms with Gasteiger partial charge in [0.1, 0.15) is 23.8 Å². The van der Waals surface area contributed by atoms with Crippen LogP contribution in [0.25, 0.3) is 0 Å². The molecule has 0 bridgehead atoms. The molecule has 2 aliphatic heterocycles. The number of nitrogens with zero attached hydrogens (tertiary/aromatic N) is 2. The maximum absolute atomic E-state index is 14.1. The minimum Gasteiger partial charge on any atom is -0.483 e. The van der Waals surface area contributed by atoms with Crippen molar-refractivity contribution in [3.8, 4) is 5.75 Å². The minimum absolute atomic E-state index is 0. The summed E-state index contributed by atoms with van der Waals surface area (Å²) in [6.07, 6.45) is 4.80. The number of aromatic nitrogens is 1. The van der Waals surface area contributed by atoms with Gasteiger partial charge in [-0.05, 0) is 24.5 Å². The monoisotopic (exact) mass is 585 g/mol. The van der Waals surface area contributed by atoms with Crippen LogP contribution in [0.15, 0.2) is 59.5 Å². The number of pyridine rings is 1. The summed E-state index contributed by atoms with van der Waals surface area (Å²) in [5, 5.41) is 2.53. The fraction of sp³-hybridized carbons (Fsp3) is 0.367. The summed E-state index contributed by atoms with van der Waals surface area (Å²) in [5.41, 5.74) is -0.0341. The Bertz CT molecular complexity index is 1520. The van der Waals surface area contributed by atoms with Crippen molar-refractivity contribution < 1.29 is 27.8 Å². The molecule has 41 heavy (non-hydrogen) atoms. The molecule has 216 valence electrons. The van der Waals surface area contributed by atoms with Gasteiger partial charge in [-0.3, -0.25) is 14.4 Å².